The van der Waals surface area contributed by atoms with Crippen molar-refractivity contribution in [2.24, 2.45) is 0 Å². The Kier molecular flexibility index (Phi) is 5.00. The van der Waals surface area contributed by atoms with Crippen LogP contribution < -0.4 is 15.5 Å². The molecular formula is C16H21N3O4. The summed E-state index contributed by atoms with van der Waals surface area (Å²) < 4.78 is 0. The van der Waals surface area contributed by atoms with E-state index in [9.17, 15) is 14.4 Å². The Balaban J connectivity index is 2.15. The molecule has 2 atom stereocenters. The molecule has 3 N–H and O–H groups in total. The van der Waals surface area contributed by atoms with Gasteiger partial charge < -0.3 is 20.6 Å². The summed E-state index contributed by atoms with van der Waals surface area (Å²) in [5, 5.41) is 13.9. The summed E-state index contributed by atoms with van der Waals surface area (Å²) in [7, 11) is 0. The molecule has 1 heterocycles. The summed E-state index contributed by atoms with van der Waals surface area (Å²) in [6.07, 6.45) is -0.753. The van der Waals surface area contributed by atoms with Crippen molar-refractivity contribution in [1.82, 2.24) is 10.6 Å². The highest BCUT2D eigenvalue weighted by Gasteiger charge is 2.39. The molecule has 0 bridgehead atoms. The third-order valence-corrected chi connectivity index (χ3v) is 3.55. The van der Waals surface area contributed by atoms with Crippen LogP contribution in [0.2, 0.25) is 0 Å². The third kappa shape index (κ3) is 3.50. The van der Waals surface area contributed by atoms with E-state index < -0.39 is 24.0 Å². The van der Waals surface area contributed by atoms with Gasteiger partial charge in [0.15, 0.2) is 0 Å². The van der Waals surface area contributed by atoms with Crippen molar-refractivity contribution in [3.63, 3.8) is 0 Å². The zero-order valence-corrected chi connectivity index (χ0v) is 13.4. The van der Waals surface area contributed by atoms with Gasteiger partial charge in [0.1, 0.15) is 6.04 Å². The lowest BCUT2D eigenvalue weighted by molar-refractivity contribution is -0.140. The predicted octanol–water partition coefficient (Wildman–Crippen LogP) is 0.0959. The lowest BCUT2D eigenvalue weighted by Crippen LogP contribution is -2.46. The van der Waals surface area contributed by atoms with E-state index in [1.807, 2.05) is 26.0 Å². The smallest absolute Gasteiger partial charge is 0.310 e. The van der Waals surface area contributed by atoms with E-state index in [0.29, 0.717) is 5.56 Å². The number of para-hydroxylation sites is 1. The highest BCUT2D eigenvalue weighted by Crippen LogP contribution is 2.36. The lowest BCUT2D eigenvalue weighted by atomic mass is 10.1. The van der Waals surface area contributed by atoms with Crippen LogP contribution in [0.5, 0.6) is 0 Å². The number of carbonyl (C=O) groups is 3. The van der Waals surface area contributed by atoms with Crippen LogP contribution in [0.25, 0.3) is 0 Å². The van der Waals surface area contributed by atoms with Gasteiger partial charge in [-0.15, -0.1) is 0 Å². The molecule has 0 radical (unpaired) electrons. The summed E-state index contributed by atoms with van der Waals surface area (Å²) in [6, 6.07) is 6.23. The molecule has 0 saturated heterocycles. The highest BCUT2D eigenvalue weighted by molar-refractivity contribution is 6.35. The molecule has 1 aliphatic rings. The van der Waals surface area contributed by atoms with E-state index >= 15 is 0 Å². The van der Waals surface area contributed by atoms with Gasteiger partial charge in [0, 0.05) is 23.8 Å². The highest BCUT2D eigenvalue weighted by atomic mass is 16.3. The van der Waals surface area contributed by atoms with Crippen molar-refractivity contribution < 1.29 is 19.5 Å². The van der Waals surface area contributed by atoms with Crippen molar-refractivity contribution >= 4 is 23.4 Å². The second-order valence-electron chi connectivity index (χ2n) is 5.83. The molecular weight excluding hydrogens is 298 g/mol. The zero-order chi connectivity index (χ0) is 17.1. The van der Waals surface area contributed by atoms with Gasteiger partial charge >= 0.3 is 11.8 Å². The Morgan fingerprint density at radius 1 is 1.22 bits per heavy atom. The van der Waals surface area contributed by atoms with E-state index in [-0.39, 0.29) is 18.5 Å². The summed E-state index contributed by atoms with van der Waals surface area (Å²) in [5.74, 6) is -2.04. The molecule has 7 nitrogen and oxygen atoms in total. The molecule has 2 rings (SSSR count). The first-order valence-corrected chi connectivity index (χ1v) is 7.51. The fourth-order valence-electron chi connectivity index (χ4n) is 2.53. The molecule has 0 unspecified atom stereocenters. The second kappa shape index (κ2) is 6.78. The fourth-order valence-corrected chi connectivity index (χ4v) is 2.53. The minimum atomic E-state index is -0.899. The molecule has 0 aliphatic carbocycles. The first kappa shape index (κ1) is 17.0. The Morgan fingerprint density at radius 3 is 2.48 bits per heavy atom. The molecule has 0 aromatic heterocycles. The van der Waals surface area contributed by atoms with Crippen molar-refractivity contribution in [3.8, 4) is 0 Å². The van der Waals surface area contributed by atoms with Gasteiger partial charge in [-0.3, -0.25) is 14.4 Å². The number of amides is 3. The molecule has 23 heavy (non-hydrogen) atoms. The van der Waals surface area contributed by atoms with Gasteiger partial charge in [-0.05, 0) is 26.8 Å². The number of rotatable bonds is 4. The summed E-state index contributed by atoms with van der Waals surface area (Å²) in [5.41, 5.74) is 1.41. The summed E-state index contributed by atoms with van der Waals surface area (Å²) in [4.78, 5) is 37.9. The monoisotopic (exact) mass is 319 g/mol. The maximum Gasteiger partial charge on any atom is 0.310 e. The standard InChI is InChI=1S/C16H21N3O4/c1-9(2)19-12-7-5-4-6-11(12)13(16(19)23)18-15(22)14(21)17-8-10(3)20/h4-7,9-10,13,20H,8H2,1-3H3,(H,17,21)(H,18,22)/t10-,13-/m0/s1. The van der Waals surface area contributed by atoms with E-state index in [4.69, 9.17) is 5.11 Å². The third-order valence-electron chi connectivity index (χ3n) is 3.55. The number of hydrogen-bond donors (Lipinski definition) is 3. The number of carbonyl (C=O) groups excluding carboxylic acids is 3. The Labute approximate surface area is 134 Å². The Morgan fingerprint density at radius 2 is 1.87 bits per heavy atom. The number of nitrogens with one attached hydrogen (secondary N) is 2. The van der Waals surface area contributed by atoms with Gasteiger partial charge in [0.2, 0.25) is 0 Å². The number of benzene rings is 1. The summed E-state index contributed by atoms with van der Waals surface area (Å²) >= 11 is 0. The van der Waals surface area contributed by atoms with Crippen LogP contribution in [-0.2, 0) is 14.4 Å². The van der Waals surface area contributed by atoms with Crippen LogP contribution in [0.15, 0.2) is 24.3 Å². The maximum absolute atomic E-state index is 12.6. The summed E-state index contributed by atoms with van der Waals surface area (Å²) in [6.45, 7) is 5.23. The molecule has 0 saturated carbocycles. The van der Waals surface area contributed by atoms with Crippen LogP contribution in [0.1, 0.15) is 32.4 Å². The Bertz CT molecular complexity index is 628. The van der Waals surface area contributed by atoms with E-state index in [1.165, 1.54) is 6.92 Å². The largest absolute Gasteiger partial charge is 0.392 e. The van der Waals surface area contributed by atoms with Crippen molar-refractivity contribution in [1.29, 1.82) is 0 Å². The minimum absolute atomic E-state index is 0.0282. The van der Waals surface area contributed by atoms with Gasteiger partial charge in [-0.2, -0.15) is 0 Å². The fraction of sp³-hybridized carbons (Fsp3) is 0.438. The predicted molar refractivity (Wildman–Crippen MR) is 84.6 cm³/mol. The minimum Gasteiger partial charge on any atom is -0.392 e. The quantitative estimate of drug-likeness (QED) is 0.685. The molecule has 7 heteroatoms. The lowest BCUT2D eigenvalue weighted by Gasteiger charge is -2.22. The van der Waals surface area contributed by atoms with Crippen LogP contribution in [0.4, 0.5) is 5.69 Å². The van der Waals surface area contributed by atoms with E-state index in [0.717, 1.165) is 5.69 Å². The van der Waals surface area contributed by atoms with Crippen molar-refractivity contribution in [3.05, 3.63) is 29.8 Å². The average Bonchev–Trinajstić information content (AvgIpc) is 2.77. The van der Waals surface area contributed by atoms with Gasteiger partial charge in [-0.1, -0.05) is 18.2 Å². The normalized spacial score (nSPS) is 17.9. The van der Waals surface area contributed by atoms with E-state index in [2.05, 4.69) is 10.6 Å². The van der Waals surface area contributed by atoms with Gasteiger partial charge in [0.25, 0.3) is 5.91 Å². The van der Waals surface area contributed by atoms with Gasteiger partial charge in [-0.25, -0.2) is 0 Å². The Hall–Kier alpha value is -2.41. The topological polar surface area (TPSA) is 98.7 Å². The van der Waals surface area contributed by atoms with Crippen molar-refractivity contribution in [2.45, 2.75) is 39.0 Å². The van der Waals surface area contributed by atoms with Crippen LogP contribution in [0, 0.1) is 0 Å². The number of fused-ring (bicyclic) bond motifs is 1. The number of hydrogen-bond acceptors (Lipinski definition) is 4. The van der Waals surface area contributed by atoms with Crippen LogP contribution in [-0.4, -0.2) is 41.5 Å². The zero-order valence-electron chi connectivity index (χ0n) is 13.4. The number of nitrogens with zero attached hydrogens (tertiary/aromatic N) is 1. The average molecular weight is 319 g/mol. The van der Waals surface area contributed by atoms with Crippen molar-refractivity contribution in [2.75, 3.05) is 11.4 Å². The van der Waals surface area contributed by atoms with Gasteiger partial charge in [0.05, 0.1) is 6.10 Å². The number of aliphatic hydroxyl groups excluding tert-OH is 1. The van der Waals surface area contributed by atoms with Crippen LogP contribution in [0.3, 0.4) is 0 Å². The molecule has 1 aromatic carbocycles. The molecule has 124 valence electrons. The molecule has 0 spiro atoms. The molecule has 3 amide bonds. The van der Waals surface area contributed by atoms with E-state index in [1.54, 1.807) is 17.0 Å². The number of aliphatic hydroxyl groups is 1. The first-order valence-electron chi connectivity index (χ1n) is 7.51. The second-order valence-corrected chi connectivity index (χ2v) is 5.83. The number of anilines is 1. The molecule has 1 aliphatic heterocycles. The van der Waals surface area contributed by atoms with Crippen LogP contribution >= 0.6 is 0 Å². The molecule has 0 fully saturated rings. The molecule has 1 aromatic rings. The SMILES string of the molecule is CC(C)N1C(=O)[C@@H](NC(=O)C(=O)NC[C@H](C)O)c2ccccc21. The first-order chi connectivity index (χ1) is 10.8. The maximum atomic E-state index is 12.6.